The molecule has 2 aromatic rings. The average molecular weight is 411 g/mol. The summed E-state index contributed by atoms with van der Waals surface area (Å²) in [5.74, 6) is -1.36. The highest BCUT2D eigenvalue weighted by molar-refractivity contribution is 6.30. The maximum Gasteiger partial charge on any atom is 0.277 e. The van der Waals surface area contributed by atoms with Gasteiger partial charge in [0, 0.05) is 6.04 Å². The van der Waals surface area contributed by atoms with Crippen molar-refractivity contribution in [3.05, 3.63) is 57.6 Å². The molecular formula is C18H17Cl2FN4O2. The van der Waals surface area contributed by atoms with Gasteiger partial charge in [0.15, 0.2) is 5.69 Å². The predicted molar refractivity (Wildman–Crippen MR) is 101 cm³/mol. The van der Waals surface area contributed by atoms with E-state index in [1.54, 1.807) is 12.1 Å². The Hall–Kier alpha value is -2.38. The van der Waals surface area contributed by atoms with Crippen molar-refractivity contribution in [3.63, 3.8) is 0 Å². The van der Waals surface area contributed by atoms with Crippen LogP contribution >= 0.6 is 23.2 Å². The largest absolute Gasteiger partial charge is 0.359 e. The van der Waals surface area contributed by atoms with Crippen molar-refractivity contribution in [1.29, 1.82) is 0 Å². The Morgan fingerprint density at radius 3 is 2.74 bits per heavy atom. The summed E-state index contributed by atoms with van der Waals surface area (Å²) in [6.45, 7) is 3.43. The minimum Gasteiger partial charge on any atom is -0.359 e. The van der Waals surface area contributed by atoms with Crippen LogP contribution in [0.4, 0.5) is 10.1 Å². The molecular weight excluding hydrogens is 394 g/mol. The lowest BCUT2D eigenvalue weighted by Gasteiger charge is -2.37. The normalized spacial score (nSPS) is 16.1. The molecule has 0 fully saturated rings. The monoisotopic (exact) mass is 410 g/mol. The van der Waals surface area contributed by atoms with Gasteiger partial charge >= 0.3 is 0 Å². The zero-order valence-corrected chi connectivity index (χ0v) is 16.1. The third-order valence-electron chi connectivity index (χ3n) is 3.95. The minimum atomic E-state index is -0.719. The second-order valence-corrected chi connectivity index (χ2v) is 7.20. The van der Waals surface area contributed by atoms with Gasteiger partial charge < -0.3 is 15.5 Å². The molecule has 27 heavy (non-hydrogen) atoms. The van der Waals surface area contributed by atoms with Gasteiger partial charge in [-0.2, -0.15) is 0 Å². The van der Waals surface area contributed by atoms with E-state index < -0.39 is 17.9 Å². The van der Waals surface area contributed by atoms with Crippen LogP contribution in [-0.2, 0) is 4.79 Å². The third-order valence-corrected chi connectivity index (χ3v) is 4.45. The van der Waals surface area contributed by atoms with Crippen LogP contribution in [0.15, 0.2) is 30.3 Å². The number of rotatable bonds is 4. The summed E-state index contributed by atoms with van der Waals surface area (Å²) >= 11 is 11.8. The molecule has 0 aliphatic carbocycles. The smallest absolute Gasteiger partial charge is 0.277 e. The number of carbonyl (C=O) groups is 2. The number of benzene rings is 1. The Balaban J connectivity index is 2.01. The summed E-state index contributed by atoms with van der Waals surface area (Å²) < 4.78 is 13.6. The molecule has 1 aromatic heterocycles. The highest BCUT2D eigenvalue weighted by atomic mass is 35.5. The predicted octanol–water partition coefficient (Wildman–Crippen LogP) is 3.62. The first-order chi connectivity index (χ1) is 12.8. The van der Waals surface area contributed by atoms with E-state index in [1.807, 2.05) is 13.8 Å². The third kappa shape index (κ3) is 4.14. The Morgan fingerprint density at radius 2 is 2.07 bits per heavy atom. The SMILES string of the molecule is CC(C)NC(=O)CN1C(=O)c2nc(Cl)ccc2NC1c1ccc(F)c(Cl)c1. The number of hydrogen-bond acceptors (Lipinski definition) is 4. The zero-order valence-electron chi connectivity index (χ0n) is 14.6. The van der Waals surface area contributed by atoms with Gasteiger partial charge in [0.05, 0.1) is 10.7 Å². The molecule has 2 amide bonds. The molecule has 2 N–H and O–H groups in total. The molecule has 2 heterocycles. The summed E-state index contributed by atoms with van der Waals surface area (Å²) in [4.78, 5) is 30.7. The highest BCUT2D eigenvalue weighted by Crippen LogP contribution is 2.34. The van der Waals surface area contributed by atoms with E-state index in [0.29, 0.717) is 11.3 Å². The van der Waals surface area contributed by atoms with Crippen LogP contribution in [0.3, 0.4) is 0 Å². The van der Waals surface area contributed by atoms with E-state index in [0.717, 1.165) is 0 Å². The van der Waals surface area contributed by atoms with Crippen LogP contribution in [0.25, 0.3) is 0 Å². The van der Waals surface area contributed by atoms with Crippen molar-refractivity contribution in [1.82, 2.24) is 15.2 Å². The lowest BCUT2D eigenvalue weighted by Crippen LogP contribution is -2.49. The Labute approximate surface area is 165 Å². The number of halogens is 3. The van der Waals surface area contributed by atoms with E-state index >= 15 is 0 Å². The number of hydrogen-bond donors (Lipinski definition) is 2. The van der Waals surface area contributed by atoms with Crippen molar-refractivity contribution in [2.75, 3.05) is 11.9 Å². The average Bonchev–Trinajstić information content (AvgIpc) is 2.59. The molecule has 3 rings (SSSR count). The molecule has 1 unspecified atom stereocenters. The van der Waals surface area contributed by atoms with E-state index in [-0.39, 0.29) is 34.4 Å². The Kier molecular flexibility index (Phi) is 5.53. The van der Waals surface area contributed by atoms with E-state index in [9.17, 15) is 14.0 Å². The number of amides is 2. The quantitative estimate of drug-likeness (QED) is 0.754. The van der Waals surface area contributed by atoms with Gasteiger partial charge in [0.25, 0.3) is 5.91 Å². The fourth-order valence-corrected chi connectivity index (χ4v) is 3.16. The van der Waals surface area contributed by atoms with Crippen molar-refractivity contribution in [2.45, 2.75) is 26.1 Å². The van der Waals surface area contributed by atoms with E-state index in [2.05, 4.69) is 15.6 Å². The second-order valence-electron chi connectivity index (χ2n) is 6.41. The summed E-state index contributed by atoms with van der Waals surface area (Å²) in [6, 6.07) is 7.25. The molecule has 1 aliphatic heterocycles. The van der Waals surface area contributed by atoms with Gasteiger partial charge in [-0.05, 0) is 43.7 Å². The summed E-state index contributed by atoms with van der Waals surface area (Å²) in [7, 11) is 0. The van der Waals surface area contributed by atoms with Gasteiger partial charge in [0.1, 0.15) is 23.7 Å². The molecule has 0 bridgehead atoms. The first-order valence-electron chi connectivity index (χ1n) is 8.24. The lowest BCUT2D eigenvalue weighted by molar-refractivity contribution is -0.122. The van der Waals surface area contributed by atoms with Gasteiger partial charge in [-0.3, -0.25) is 9.59 Å². The van der Waals surface area contributed by atoms with Crippen LogP contribution in [0.2, 0.25) is 10.2 Å². The van der Waals surface area contributed by atoms with E-state index in [4.69, 9.17) is 23.2 Å². The molecule has 1 atom stereocenters. The summed E-state index contributed by atoms with van der Waals surface area (Å²) in [6.07, 6.45) is -0.719. The maximum absolute atomic E-state index is 13.6. The number of fused-ring (bicyclic) bond motifs is 1. The molecule has 0 saturated heterocycles. The van der Waals surface area contributed by atoms with E-state index in [1.165, 1.54) is 23.1 Å². The van der Waals surface area contributed by atoms with Crippen molar-refractivity contribution in [2.24, 2.45) is 0 Å². The first-order valence-corrected chi connectivity index (χ1v) is 9.00. The van der Waals surface area contributed by atoms with Crippen LogP contribution in [0, 0.1) is 5.82 Å². The van der Waals surface area contributed by atoms with Crippen molar-refractivity contribution >= 4 is 40.7 Å². The highest BCUT2D eigenvalue weighted by Gasteiger charge is 2.35. The number of nitrogens with zero attached hydrogens (tertiary/aromatic N) is 2. The Morgan fingerprint density at radius 1 is 1.33 bits per heavy atom. The molecule has 9 heteroatoms. The van der Waals surface area contributed by atoms with Crippen LogP contribution in [0.5, 0.6) is 0 Å². The fraction of sp³-hybridized carbons (Fsp3) is 0.278. The van der Waals surface area contributed by atoms with Gasteiger partial charge in [-0.25, -0.2) is 9.37 Å². The number of aromatic nitrogens is 1. The number of pyridine rings is 1. The molecule has 0 spiro atoms. The maximum atomic E-state index is 13.6. The summed E-state index contributed by atoms with van der Waals surface area (Å²) in [5, 5.41) is 5.98. The van der Waals surface area contributed by atoms with Crippen molar-refractivity contribution in [3.8, 4) is 0 Å². The van der Waals surface area contributed by atoms with Crippen LogP contribution < -0.4 is 10.6 Å². The standard InChI is InChI=1S/C18H17Cl2FN4O2/c1-9(2)22-15(26)8-25-17(10-3-4-12(21)11(19)7-10)23-13-5-6-14(20)24-16(13)18(25)27/h3-7,9,17,23H,8H2,1-2H3,(H,22,26). The fourth-order valence-electron chi connectivity index (χ4n) is 2.82. The van der Waals surface area contributed by atoms with Gasteiger partial charge in [-0.15, -0.1) is 0 Å². The number of carbonyl (C=O) groups excluding carboxylic acids is 2. The molecule has 0 saturated carbocycles. The van der Waals surface area contributed by atoms with Crippen LogP contribution in [-0.4, -0.2) is 34.3 Å². The lowest BCUT2D eigenvalue weighted by atomic mass is 10.1. The van der Waals surface area contributed by atoms with Crippen LogP contribution in [0.1, 0.15) is 36.1 Å². The first kappa shape index (κ1) is 19.4. The molecule has 0 radical (unpaired) electrons. The molecule has 142 valence electrons. The molecule has 1 aromatic carbocycles. The molecule has 6 nitrogen and oxygen atoms in total. The topological polar surface area (TPSA) is 74.3 Å². The van der Waals surface area contributed by atoms with Gasteiger partial charge in [-0.1, -0.05) is 29.3 Å². The Bertz CT molecular complexity index is 907. The minimum absolute atomic E-state index is 0.0756. The number of nitrogens with one attached hydrogen (secondary N) is 2. The summed E-state index contributed by atoms with van der Waals surface area (Å²) in [5.41, 5.74) is 1.12. The molecule has 1 aliphatic rings. The second kappa shape index (κ2) is 7.70. The van der Waals surface area contributed by atoms with Gasteiger partial charge in [0.2, 0.25) is 5.91 Å². The number of anilines is 1. The van der Waals surface area contributed by atoms with Crippen molar-refractivity contribution < 1.29 is 14.0 Å². The zero-order chi connectivity index (χ0) is 19.7.